The summed E-state index contributed by atoms with van der Waals surface area (Å²) in [5, 5.41) is 21.1. The summed E-state index contributed by atoms with van der Waals surface area (Å²) in [6, 6.07) is 4.54. The summed E-state index contributed by atoms with van der Waals surface area (Å²) < 4.78 is 104. The quantitative estimate of drug-likeness (QED) is 0.378. The number of alkyl halides is 6. The highest BCUT2D eigenvalue weighted by Gasteiger charge is 2.71. The van der Waals surface area contributed by atoms with E-state index in [2.05, 4.69) is 5.32 Å². The van der Waals surface area contributed by atoms with Crippen molar-refractivity contribution in [1.82, 2.24) is 4.90 Å². The van der Waals surface area contributed by atoms with Crippen molar-refractivity contribution >= 4 is 33.3 Å². The minimum absolute atomic E-state index is 0.0282. The lowest BCUT2D eigenvalue weighted by Crippen LogP contribution is -2.53. The molecule has 9 nitrogen and oxygen atoms in total. The largest absolute Gasteiger partial charge is 0.481 e. The van der Waals surface area contributed by atoms with Crippen LogP contribution >= 0.6 is 0 Å². The van der Waals surface area contributed by atoms with Gasteiger partial charge in [-0.2, -0.15) is 26.3 Å². The van der Waals surface area contributed by atoms with E-state index < -0.39 is 69.5 Å². The number of hydrogen-bond donors (Lipinski definition) is 3. The zero-order chi connectivity index (χ0) is 31.8. The average Bonchev–Trinajstić information content (AvgIpc) is 2.90. The number of benzene rings is 2. The van der Waals surface area contributed by atoms with Crippen LogP contribution in [0.5, 0.6) is 0 Å². The second kappa shape index (κ2) is 11.6. The van der Waals surface area contributed by atoms with Crippen molar-refractivity contribution in [3.63, 3.8) is 0 Å². The summed E-state index contributed by atoms with van der Waals surface area (Å²) in [6.07, 6.45) is -12.6. The van der Waals surface area contributed by atoms with Gasteiger partial charge in [0, 0.05) is 24.2 Å². The number of nitrogens with zero attached hydrogens (tertiary/aromatic N) is 1. The van der Waals surface area contributed by atoms with Crippen molar-refractivity contribution < 1.29 is 59.4 Å². The van der Waals surface area contributed by atoms with Crippen LogP contribution in [-0.4, -0.2) is 66.0 Å². The molecule has 2 amide bonds. The van der Waals surface area contributed by atoms with E-state index in [1.54, 1.807) is 0 Å². The van der Waals surface area contributed by atoms with Crippen molar-refractivity contribution in [2.45, 2.75) is 55.6 Å². The predicted octanol–water partition coefficient (Wildman–Crippen LogP) is 3.97. The molecular formula is C26H26F6N2O7S. The highest BCUT2D eigenvalue weighted by Crippen LogP contribution is 2.50. The van der Waals surface area contributed by atoms with Crippen LogP contribution in [0.4, 0.5) is 32.0 Å². The van der Waals surface area contributed by atoms with Crippen LogP contribution in [0, 0.1) is 5.92 Å². The maximum Gasteiger partial charge on any atom is 0.430 e. The Balaban J connectivity index is 2.00. The maximum absolute atomic E-state index is 13.5. The molecule has 1 aliphatic rings. The summed E-state index contributed by atoms with van der Waals surface area (Å²) in [6.45, 7) is 2.60. The van der Waals surface area contributed by atoms with Gasteiger partial charge in [0.05, 0.1) is 16.6 Å². The van der Waals surface area contributed by atoms with E-state index in [-0.39, 0.29) is 34.9 Å². The van der Waals surface area contributed by atoms with Crippen LogP contribution < -0.4 is 5.32 Å². The minimum Gasteiger partial charge on any atom is -0.481 e. The molecule has 2 unspecified atom stereocenters. The minimum atomic E-state index is -6.11. The fraction of sp³-hybridized carbons (Fsp3) is 0.423. The zero-order valence-electron chi connectivity index (χ0n) is 22.1. The number of fused-ring (bicyclic) bond motifs is 1. The van der Waals surface area contributed by atoms with Gasteiger partial charge in [-0.3, -0.25) is 14.4 Å². The lowest BCUT2D eigenvalue weighted by Gasteiger charge is -2.37. The molecule has 0 aromatic heterocycles. The van der Waals surface area contributed by atoms with Crippen molar-refractivity contribution in [1.29, 1.82) is 0 Å². The molecule has 3 N–H and O–H groups in total. The second-order valence-corrected chi connectivity index (χ2v) is 12.0. The van der Waals surface area contributed by atoms with Gasteiger partial charge in [0.1, 0.15) is 6.04 Å². The predicted molar refractivity (Wildman–Crippen MR) is 135 cm³/mol. The number of hydrogen-bond acceptors (Lipinski definition) is 6. The second-order valence-electron chi connectivity index (χ2n) is 9.72. The Morgan fingerprint density at radius 3 is 2.10 bits per heavy atom. The molecule has 2 atom stereocenters. The summed E-state index contributed by atoms with van der Waals surface area (Å²) in [5.74, 6) is -4.27. The molecule has 0 saturated carbocycles. The molecule has 0 saturated heterocycles. The van der Waals surface area contributed by atoms with Gasteiger partial charge in [-0.05, 0) is 41.8 Å². The van der Waals surface area contributed by atoms with Gasteiger partial charge in [0.15, 0.2) is 9.84 Å². The summed E-state index contributed by atoms with van der Waals surface area (Å²) in [7, 11) is -3.64. The Hall–Kier alpha value is -3.66. The van der Waals surface area contributed by atoms with Crippen molar-refractivity contribution in [2.24, 2.45) is 5.92 Å². The molecule has 230 valence electrons. The Bertz CT molecular complexity index is 1460. The first-order chi connectivity index (χ1) is 19.2. The van der Waals surface area contributed by atoms with Crippen LogP contribution in [0.15, 0.2) is 47.4 Å². The molecule has 3 rings (SSSR count). The third-order valence-electron chi connectivity index (χ3n) is 6.94. The maximum atomic E-state index is 13.5. The molecule has 0 bridgehead atoms. The van der Waals surface area contributed by atoms with Gasteiger partial charge >= 0.3 is 18.3 Å². The molecule has 0 fully saturated rings. The average molecular weight is 625 g/mol. The molecule has 42 heavy (non-hydrogen) atoms. The molecule has 0 radical (unpaired) electrons. The van der Waals surface area contributed by atoms with Gasteiger partial charge in [-0.15, -0.1) is 0 Å². The number of sulfone groups is 1. The number of nitrogens with one attached hydrogen (secondary N) is 1. The first-order valence-corrected chi connectivity index (χ1v) is 14.0. The summed E-state index contributed by atoms with van der Waals surface area (Å²) >= 11 is 0. The topological polar surface area (TPSA) is 141 Å². The summed E-state index contributed by atoms with van der Waals surface area (Å²) in [4.78, 5) is 38.8. The molecule has 0 aliphatic carbocycles. The first-order valence-electron chi connectivity index (χ1n) is 12.4. The van der Waals surface area contributed by atoms with E-state index in [1.165, 1.54) is 32.0 Å². The van der Waals surface area contributed by atoms with E-state index in [0.717, 1.165) is 4.90 Å². The number of carboxylic acid groups (broad SMARTS) is 1. The van der Waals surface area contributed by atoms with Gasteiger partial charge < -0.3 is 20.4 Å². The molecule has 1 aliphatic heterocycles. The molecule has 16 heteroatoms. The third kappa shape index (κ3) is 6.23. The lowest BCUT2D eigenvalue weighted by atomic mass is 9.90. The Morgan fingerprint density at radius 2 is 1.60 bits per heavy atom. The van der Waals surface area contributed by atoms with Crippen LogP contribution in [-0.2, 0) is 36.2 Å². The standard InChI is InChI=1S/C26H26F6N2O7S/c1-3-42(40,41)18-8-9-19-15(13-18)10-11-34(20(35)12-14(2)23(37)38)21(19)22(36)33-17-6-4-16(5-7-17)24(39,25(27,28)29)26(30,31)32/h4-9,13-14,21,39H,3,10-12H2,1-2H3,(H,33,36)(H,37,38). The molecule has 2 aromatic carbocycles. The first kappa shape index (κ1) is 32.8. The van der Waals surface area contributed by atoms with Crippen LogP contribution in [0.1, 0.15) is 43.0 Å². The van der Waals surface area contributed by atoms with E-state index in [1.807, 2.05) is 0 Å². The smallest absolute Gasteiger partial charge is 0.430 e. The number of anilines is 1. The van der Waals surface area contributed by atoms with E-state index in [4.69, 9.17) is 0 Å². The van der Waals surface area contributed by atoms with Gasteiger partial charge in [0.2, 0.25) is 5.91 Å². The highest BCUT2D eigenvalue weighted by molar-refractivity contribution is 7.91. The molecule has 2 aromatic rings. The highest BCUT2D eigenvalue weighted by atomic mass is 32.2. The van der Waals surface area contributed by atoms with Gasteiger partial charge in [0.25, 0.3) is 11.5 Å². The lowest BCUT2D eigenvalue weighted by molar-refractivity contribution is -0.376. The Morgan fingerprint density at radius 1 is 1.02 bits per heavy atom. The number of aliphatic hydroxyl groups is 1. The number of rotatable bonds is 8. The van der Waals surface area contributed by atoms with Crippen molar-refractivity contribution in [3.8, 4) is 0 Å². The van der Waals surface area contributed by atoms with E-state index in [9.17, 15) is 59.4 Å². The fourth-order valence-electron chi connectivity index (χ4n) is 4.47. The molecule has 0 spiro atoms. The van der Waals surface area contributed by atoms with Crippen molar-refractivity contribution in [3.05, 3.63) is 59.2 Å². The molecular weight excluding hydrogens is 598 g/mol. The monoisotopic (exact) mass is 624 g/mol. The van der Waals surface area contributed by atoms with Gasteiger partial charge in [-0.1, -0.05) is 32.0 Å². The normalized spacial score (nSPS) is 16.9. The summed E-state index contributed by atoms with van der Waals surface area (Å²) in [5.41, 5.74) is -6.40. The number of amides is 2. The van der Waals surface area contributed by atoms with Crippen LogP contribution in [0.25, 0.3) is 0 Å². The zero-order valence-corrected chi connectivity index (χ0v) is 22.9. The number of carboxylic acids is 1. The molecule has 1 heterocycles. The number of halogens is 6. The SMILES string of the molecule is CCS(=O)(=O)c1ccc2c(c1)CCN(C(=O)CC(C)C(=O)O)C2C(=O)Nc1ccc(C(O)(C(F)(F)F)C(F)(F)F)cc1. The van der Waals surface area contributed by atoms with E-state index >= 15 is 0 Å². The van der Waals surface area contributed by atoms with Crippen LogP contribution in [0.2, 0.25) is 0 Å². The van der Waals surface area contributed by atoms with Crippen LogP contribution in [0.3, 0.4) is 0 Å². The number of carbonyl (C=O) groups excluding carboxylic acids is 2. The third-order valence-corrected chi connectivity index (χ3v) is 8.68. The van der Waals surface area contributed by atoms with E-state index in [0.29, 0.717) is 29.8 Å². The number of carbonyl (C=O) groups is 3. The fourth-order valence-corrected chi connectivity index (χ4v) is 5.41. The van der Waals surface area contributed by atoms with Crippen molar-refractivity contribution in [2.75, 3.05) is 17.6 Å². The Kier molecular flexibility index (Phi) is 9.03. The number of aliphatic carboxylic acids is 1. The Labute approximate surface area is 236 Å². The van der Waals surface area contributed by atoms with Gasteiger partial charge in [-0.25, -0.2) is 8.42 Å².